The molecular weight excluding hydrogens is 292 g/mol. The quantitative estimate of drug-likeness (QED) is 0.503. The molecule has 108 valence electrons. The summed E-state index contributed by atoms with van der Waals surface area (Å²) in [6.07, 6.45) is 1.81. The fourth-order valence-corrected chi connectivity index (χ4v) is 2.46. The van der Waals surface area contributed by atoms with Crippen LogP contribution in [0.1, 0.15) is 5.56 Å². The maximum atomic E-state index is 6.30. The normalized spacial score (nSPS) is 10.8. The highest BCUT2D eigenvalue weighted by Crippen LogP contribution is 2.29. The maximum absolute atomic E-state index is 6.30. The lowest BCUT2D eigenvalue weighted by atomic mass is 10.0. The number of rotatable bonds is 4. The number of anilines is 1. The zero-order valence-electron chi connectivity index (χ0n) is 11.9. The van der Waals surface area contributed by atoms with Crippen LogP contribution in [0.25, 0.3) is 11.1 Å². The second-order valence-electron chi connectivity index (χ2n) is 4.80. The average molecular weight is 307 g/mol. The molecule has 0 radical (unpaired) electrons. The predicted octanol–water partition coefficient (Wildman–Crippen LogP) is 5.45. The van der Waals surface area contributed by atoms with Crippen molar-refractivity contribution < 1.29 is 0 Å². The Morgan fingerprint density at radius 3 is 2.14 bits per heavy atom. The summed E-state index contributed by atoms with van der Waals surface area (Å²) in [4.78, 5) is 0. The van der Waals surface area contributed by atoms with Gasteiger partial charge < -0.3 is 0 Å². The topological polar surface area (TPSA) is 24.4 Å². The van der Waals surface area contributed by atoms with E-state index in [0.29, 0.717) is 0 Å². The molecular formula is C19H15ClN2. The van der Waals surface area contributed by atoms with Crippen molar-refractivity contribution in [3.63, 3.8) is 0 Å². The molecule has 0 saturated heterocycles. The summed E-state index contributed by atoms with van der Waals surface area (Å²) >= 11 is 6.30. The zero-order valence-corrected chi connectivity index (χ0v) is 12.7. The van der Waals surface area contributed by atoms with E-state index in [2.05, 4.69) is 10.5 Å². The summed E-state index contributed by atoms with van der Waals surface area (Å²) in [6.45, 7) is 0. The van der Waals surface area contributed by atoms with E-state index in [9.17, 15) is 0 Å². The Morgan fingerprint density at radius 1 is 0.727 bits per heavy atom. The average Bonchev–Trinajstić information content (AvgIpc) is 2.57. The first-order valence-corrected chi connectivity index (χ1v) is 7.40. The van der Waals surface area contributed by atoms with Gasteiger partial charge >= 0.3 is 0 Å². The second-order valence-corrected chi connectivity index (χ2v) is 5.21. The standard InChI is InChI=1S/C19H15ClN2/c20-19-13-7-6-12-18(19)17-11-5-4-8-15(17)14-21-22-16-9-2-1-3-10-16/h1-14,22H. The minimum absolute atomic E-state index is 0.736. The zero-order chi connectivity index (χ0) is 15.2. The highest BCUT2D eigenvalue weighted by atomic mass is 35.5. The number of hydrogen-bond donors (Lipinski definition) is 1. The van der Waals surface area contributed by atoms with Gasteiger partial charge in [0.1, 0.15) is 0 Å². The van der Waals surface area contributed by atoms with Crippen LogP contribution in [0.15, 0.2) is 84.0 Å². The highest BCUT2D eigenvalue weighted by molar-refractivity contribution is 6.33. The van der Waals surface area contributed by atoms with Crippen molar-refractivity contribution in [3.05, 3.63) is 89.4 Å². The molecule has 0 aliphatic rings. The lowest BCUT2D eigenvalue weighted by molar-refractivity contribution is 1.35. The van der Waals surface area contributed by atoms with Crippen LogP contribution in [0.3, 0.4) is 0 Å². The number of halogens is 1. The molecule has 0 aliphatic heterocycles. The van der Waals surface area contributed by atoms with Crippen molar-refractivity contribution in [2.24, 2.45) is 5.10 Å². The fraction of sp³-hybridized carbons (Fsp3) is 0. The summed E-state index contributed by atoms with van der Waals surface area (Å²) in [7, 11) is 0. The Bertz CT molecular complexity index is 782. The van der Waals surface area contributed by atoms with Gasteiger partial charge in [-0.25, -0.2) is 0 Å². The van der Waals surface area contributed by atoms with E-state index in [1.807, 2.05) is 85.1 Å². The Labute approximate surface area is 135 Å². The van der Waals surface area contributed by atoms with Crippen LogP contribution in [0.5, 0.6) is 0 Å². The third kappa shape index (κ3) is 3.35. The van der Waals surface area contributed by atoms with Crippen molar-refractivity contribution in [2.75, 3.05) is 5.43 Å². The van der Waals surface area contributed by atoms with Crippen molar-refractivity contribution in [1.82, 2.24) is 0 Å². The molecule has 0 unspecified atom stereocenters. The Balaban J connectivity index is 1.87. The van der Waals surface area contributed by atoms with E-state index >= 15 is 0 Å². The molecule has 0 bridgehead atoms. The van der Waals surface area contributed by atoms with E-state index in [1.165, 1.54) is 0 Å². The number of nitrogens with one attached hydrogen (secondary N) is 1. The van der Waals surface area contributed by atoms with Crippen molar-refractivity contribution in [1.29, 1.82) is 0 Å². The maximum Gasteiger partial charge on any atom is 0.0561 e. The van der Waals surface area contributed by atoms with E-state index in [0.717, 1.165) is 27.4 Å². The van der Waals surface area contributed by atoms with Gasteiger partial charge in [0.05, 0.1) is 11.9 Å². The van der Waals surface area contributed by atoms with Gasteiger partial charge in [0, 0.05) is 16.1 Å². The Kier molecular flexibility index (Phi) is 4.52. The molecule has 0 aliphatic carbocycles. The van der Waals surface area contributed by atoms with Crippen molar-refractivity contribution >= 4 is 23.5 Å². The number of benzene rings is 3. The number of hydrogen-bond acceptors (Lipinski definition) is 2. The molecule has 0 fully saturated rings. The second kappa shape index (κ2) is 6.92. The fourth-order valence-electron chi connectivity index (χ4n) is 2.22. The van der Waals surface area contributed by atoms with Crippen molar-refractivity contribution in [3.8, 4) is 11.1 Å². The summed E-state index contributed by atoms with van der Waals surface area (Å²) in [5.41, 5.74) is 7.06. The third-order valence-electron chi connectivity index (χ3n) is 3.30. The molecule has 0 aromatic heterocycles. The van der Waals surface area contributed by atoms with Crippen LogP contribution >= 0.6 is 11.6 Å². The summed E-state index contributed by atoms with van der Waals surface area (Å²) in [5.74, 6) is 0. The van der Waals surface area contributed by atoms with Gasteiger partial charge in [-0.15, -0.1) is 0 Å². The van der Waals surface area contributed by atoms with E-state index in [1.54, 1.807) is 0 Å². The first-order valence-electron chi connectivity index (χ1n) is 7.02. The largest absolute Gasteiger partial charge is 0.279 e. The summed E-state index contributed by atoms with van der Waals surface area (Å²) in [6, 6.07) is 25.7. The number of hydrazone groups is 1. The van der Waals surface area contributed by atoms with Gasteiger partial charge in [-0.1, -0.05) is 72.3 Å². The lowest BCUT2D eigenvalue weighted by Crippen LogP contribution is -1.93. The van der Waals surface area contributed by atoms with Crippen LogP contribution in [-0.4, -0.2) is 6.21 Å². The molecule has 0 saturated carbocycles. The molecule has 2 nitrogen and oxygen atoms in total. The SMILES string of the molecule is Clc1ccccc1-c1ccccc1C=NNc1ccccc1. The van der Waals surface area contributed by atoms with Crippen molar-refractivity contribution in [2.45, 2.75) is 0 Å². The molecule has 3 aromatic carbocycles. The molecule has 0 spiro atoms. The molecule has 3 heteroatoms. The number of para-hydroxylation sites is 1. The Hall–Kier alpha value is -2.58. The molecule has 0 heterocycles. The van der Waals surface area contributed by atoms with Gasteiger partial charge in [-0.2, -0.15) is 5.10 Å². The minimum atomic E-state index is 0.736. The summed E-state index contributed by atoms with van der Waals surface area (Å²) in [5, 5.41) is 5.05. The number of nitrogens with zero attached hydrogens (tertiary/aromatic N) is 1. The van der Waals surface area contributed by atoms with Crippen LogP contribution < -0.4 is 5.43 Å². The summed E-state index contributed by atoms with van der Waals surface area (Å²) < 4.78 is 0. The van der Waals surface area contributed by atoms with Gasteiger partial charge in [0.25, 0.3) is 0 Å². The molecule has 22 heavy (non-hydrogen) atoms. The molecule has 3 rings (SSSR count). The third-order valence-corrected chi connectivity index (χ3v) is 3.63. The van der Waals surface area contributed by atoms with Crippen LogP contribution in [0.2, 0.25) is 5.02 Å². The monoisotopic (exact) mass is 306 g/mol. The molecule has 0 amide bonds. The Morgan fingerprint density at radius 2 is 1.36 bits per heavy atom. The molecule has 1 N–H and O–H groups in total. The molecule has 3 aromatic rings. The van der Waals surface area contributed by atoms with Crippen LogP contribution in [0, 0.1) is 0 Å². The highest BCUT2D eigenvalue weighted by Gasteiger charge is 2.06. The van der Waals surface area contributed by atoms with Gasteiger partial charge in [-0.3, -0.25) is 5.43 Å². The first kappa shape index (κ1) is 14.4. The van der Waals surface area contributed by atoms with E-state index in [-0.39, 0.29) is 0 Å². The van der Waals surface area contributed by atoms with Gasteiger partial charge in [0.15, 0.2) is 0 Å². The smallest absolute Gasteiger partial charge is 0.0561 e. The van der Waals surface area contributed by atoms with Gasteiger partial charge in [-0.05, 0) is 23.8 Å². The predicted molar refractivity (Wildman–Crippen MR) is 94.5 cm³/mol. The van der Waals surface area contributed by atoms with Crippen LogP contribution in [0.4, 0.5) is 5.69 Å². The van der Waals surface area contributed by atoms with E-state index in [4.69, 9.17) is 11.6 Å². The first-order chi connectivity index (χ1) is 10.8. The van der Waals surface area contributed by atoms with E-state index < -0.39 is 0 Å². The molecule has 0 atom stereocenters. The van der Waals surface area contributed by atoms with Crippen LogP contribution in [-0.2, 0) is 0 Å². The lowest BCUT2D eigenvalue weighted by Gasteiger charge is -2.08. The minimum Gasteiger partial charge on any atom is -0.279 e. The van der Waals surface area contributed by atoms with Gasteiger partial charge in [0.2, 0.25) is 0 Å².